The zero-order valence-corrected chi connectivity index (χ0v) is 18.9. The number of halogens is 1. The molecule has 0 radical (unpaired) electrons. The van der Waals surface area contributed by atoms with Gasteiger partial charge in [0.25, 0.3) is 5.69 Å². The Morgan fingerprint density at radius 3 is 2.33 bits per heavy atom. The number of para-hydroxylation sites is 1. The van der Waals surface area contributed by atoms with E-state index >= 15 is 0 Å². The standard InChI is InChI=1S/C24H23ClN4O4/c1-16-12-13-20(21(14-16)29(32)33)27-24(31)23(17-8-4-3-5-9-17)28(2)15-22(30)26-19-11-7-6-10-18(19)25/h3-14,23H,15H2,1-2H3,(H,26,30)(H,27,31). The van der Waals surface area contributed by atoms with E-state index in [1.807, 2.05) is 6.07 Å². The fourth-order valence-corrected chi connectivity index (χ4v) is 3.59. The van der Waals surface area contributed by atoms with E-state index in [2.05, 4.69) is 10.6 Å². The molecular weight excluding hydrogens is 444 g/mol. The second-order valence-electron chi connectivity index (χ2n) is 7.52. The Morgan fingerprint density at radius 1 is 1.00 bits per heavy atom. The molecule has 0 bridgehead atoms. The fraction of sp³-hybridized carbons (Fsp3) is 0.167. The third kappa shape index (κ3) is 6.15. The summed E-state index contributed by atoms with van der Waals surface area (Å²) in [5.41, 5.74) is 1.69. The van der Waals surface area contributed by atoms with Crippen LogP contribution in [0.4, 0.5) is 17.1 Å². The van der Waals surface area contributed by atoms with Crippen LogP contribution in [-0.2, 0) is 9.59 Å². The summed E-state index contributed by atoms with van der Waals surface area (Å²) in [7, 11) is 1.63. The molecule has 0 saturated carbocycles. The third-order valence-electron chi connectivity index (χ3n) is 4.95. The highest BCUT2D eigenvalue weighted by molar-refractivity contribution is 6.33. The maximum atomic E-state index is 13.3. The molecule has 0 saturated heterocycles. The minimum atomic E-state index is -0.871. The predicted molar refractivity (Wildman–Crippen MR) is 128 cm³/mol. The number of rotatable bonds is 8. The van der Waals surface area contributed by atoms with Crippen LogP contribution in [0.25, 0.3) is 0 Å². The molecule has 0 heterocycles. The number of hydrogen-bond donors (Lipinski definition) is 2. The lowest BCUT2D eigenvalue weighted by Crippen LogP contribution is -2.39. The number of anilines is 2. The van der Waals surface area contributed by atoms with Crippen LogP contribution in [0.5, 0.6) is 0 Å². The first-order chi connectivity index (χ1) is 15.8. The van der Waals surface area contributed by atoms with Crippen LogP contribution in [0.1, 0.15) is 17.2 Å². The number of carbonyl (C=O) groups is 2. The summed E-state index contributed by atoms with van der Waals surface area (Å²) in [6, 6.07) is 19.4. The molecule has 0 fully saturated rings. The molecule has 1 unspecified atom stereocenters. The Labute approximate surface area is 196 Å². The lowest BCUT2D eigenvalue weighted by Gasteiger charge is -2.27. The van der Waals surface area contributed by atoms with Gasteiger partial charge in [0.15, 0.2) is 0 Å². The Morgan fingerprint density at radius 2 is 1.67 bits per heavy atom. The van der Waals surface area contributed by atoms with E-state index in [1.54, 1.807) is 73.5 Å². The number of hydrogen-bond acceptors (Lipinski definition) is 5. The molecule has 0 aliphatic carbocycles. The number of nitro benzene ring substituents is 1. The van der Waals surface area contributed by atoms with Gasteiger partial charge in [0, 0.05) is 6.07 Å². The normalized spacial score (nSPS) is 11.6. The Kier molecular flexibility index (Phi) is 7.76. The molecular formula is C24H23ClN4O4. The van der Waals surface area contributed by atoms with Gasteiger partial charge in [-0.05, 0) is 43.3 Å². The SMILES string of the molecule is Cc1ccc(NC(=O)C(c2ccccc2)N(C)CC(=O)Nc2ccccc2Cl)c([N+](=O)[O-])c1. The number of benzene rings is 3. The predicted octanol–water partition coefficient (Wildman–Crippen LogP) is 4.81. The second kappa shape index (κ2) is 10.7. The van der Waals surface area contributed by atoms with Crippen LogP contribution < -0.4 is 10.6 Å². The molecule has 9 heteroatoms. The van der Waals surface area contributed by atoms with E-state index in [-0.39, 0.29) is 23.8 Å². The molecule has 0 aliphatic rings. The number of carbonyl (C=O) groups excluding carboxylic acids is 2. The quantitative estimate of drug-likeness (QED) is 0.366. The van der Waals surface area contributed by atoms with Crippen LogP contribution in [0.15, 0.2) is 72.8 Å². The maximum Gasteiger partial charge on any atom is 0.293 e. The number of amides is 2. The first kappa shape index (κ1) is 23.9. The van der Waals surface area contributed by atoms with Gasteiger partial charge < -0.3 is 10.6 Å². The number of nitro groups is 1. The summed E-state index contributed by atoms with van der Waals surface area (Å²) < 4.78 is 0. The minimum absolute atomic E-state index is 0.0884. The highest BCUT2D eigenvalue weighted by Crippen LogP contribution is 2.28. The maximum absolute atomic E-state index is 13.3. The van der Waals surface area contributed by atoms with Gasteiger partial charge in [0.2, 0.25) is 11.8 Å². The number of aryl methyl sites for hydroxylation is 1. The van der Waals surface area contributed by atoms with Crippen molar-refractivity contribution < 1.29 is 14.5 Å². The monoisotopic (exact) mass is 466 g/mol. The molecule has 1 atom stereocenters. The molecule has 33 heavy (non-hydrogen) atoms. The zero-order chi connectivity index (χ0) is 24.0. The molecule has 2 N–H and O–H groups in total. The number of nitrogens with zero attached hydrogens (tertiary/aromatic N) is 2. The van der Waals surface area contributed by atoms with Crippen molar-refractivity contribution in [1.82, 2.24) is 4.90 Å². The van der Waals surface area contributed by atoms with Gasteiger partial charge >= 0.3 is 0 Å². The van der Waals surface area contributed by atoms with Gasteiger partial charge in [-0.2, -0.15) is 0 Å². The fourth-order valence-electron chi connectivity index (χ4n) is 3.41. The summed E-state index contributed by atoms with van der Waals surface area (Å²) in [6.07, 6.45) is 0. The molecule has 0 spiro atoms. The van der Waals surface area contributed by atoms with Crippen molar-refractivity contribution >= 4 is 40.5 Å². The van der Waals surface area contributed by atoms with Crippen molar-refractivity contribution in [2.75, 3.05) is 24.2 Å². The molecule has 3 aromatic carbocycles. The third-order valence-corrected chi connectivity index (χ3v) is 5.28. The van der Waals surface area contributed by atoms with Crippen molar-refractivity contribution in [1.29, 1.82) is 0 Å². The molecule has 3 aromatic rings. The first-order valence-electron chi connectivity index (χ1n) is 10.1. The summed E-state index contributed by atoms with van der Waals surface area (Å²) in [6.45, 7) is 1.62. The Bertz CT molecular complexity index is 1170. The van der Waals surface area contributed by atoms with Crippen molar-refractivity contribution in [3.8, 4) is 0 Å². The minimum Gasteiger partial charge on any atom is -0.324 e. The zero-order valence-electron chi connectivity index (χ0n) is 18.1. The van der Waals surface area contributed by atoms with Crippen molar-refractivity contribution in [3.63, 3.8) is 0 Å². The van der Waals surface area contributed by atoms with Gasteiger partial charge in [-0.25, -0.2) is 0 Å². The second-order valence-corrected chi connectivity index (χ2v) is 7.93. The van der Waals surface area contributed by atoms with Gasteiger partial charge in [-0.15, -0.1) is 0 Å². The van der Waals surface area contributed by atoms with E-state index in [0.29, 0.717) is 21.8 Å². The van der Waals surface area contributed by atoms with E-state index in [9.17, 15) is 19.7 Å². The lowest BCUT2D eigenvalue weighted by atomic mass is 10.0. The number of nitrogens with one attached hydrogen (secondary N) is 2. The molecule has 3 rings (SSSR count). The molecule has 2 amide bonds. The molecule has 8 nitrogen and oxygen atoms in total. The topological polar surface area (TPSA) is 105 Å². The summed E-state index contributed by atoms with van der Waals surface area (Å²) in [5.74, 6) is -0.859. The summed E-state index contributed by atoms with van der Waals surface area (Å²) in [5, 5.41) is 17.2. The van der Waals surface area contributed by atoms with E-state index in [0.717, 1.165) is 0 Å². The van der Waals surface area contributed by atoms with Gasteiger partial charge in [-0.3, -0.25) is 24.6 Å². The van der Waals surface area contributed by atoms with Crippen molar-refractivity contribution in [2.45, 2.75) is 13.0 Å². The van der Waals surface area contributed by atoms with Crippen LogP contribution in [0, 0.1) is 17.0 Å². The largest absolute Gasteiger partial charge is 0.324 e. The van der Waals surface area contributed by atoms with Gasteiger partial charge in [0.1, 0.15) is 11.7 Å². The average Bonchev–Trinajstić information content (AvgIpc) is 2.77. The number of likely N-dealkylation sites (N-methyl/N-ethyl adjacent to an activating group) is 1. The van der Waals surface area contributed by atoms with Crippen LogP contribution in [-0.4, -0.2) is 35.2 Å². The Balaban J connectivity index is 1.83. The van der Waals surface area contributed by atoms with Gasteiger partial charge in [0.05, 0.1) is 22.2 Å². The molecule has 0 aromatic heterocycles. The van der Waals surface area contributed by atoms with Crippen LogP contribution >= 0.6 is 11.6 Å². The smallest absolute Gasteiger partial charge is 0.293 e. The lowest BCUT2D eigenvalue weighted by molar-refractivity contribution is -0.384. The average molecular weight is 467 g/mol. The van der Waals surface area contributed by atoms with Crippen molar-refractivity contribution in [3.05, 3.63) is 99.1 Å². The van der Waals surface area contributed by atoms with E-state index in [4.69, 9.17) is 11.6 Å². The first-order valence-corrected chi connectivity index (χ1v) is 10.5. The molecule has 0 aliphatic heterocycles. The summed E-state index contributed by atoms with van der Waals surface area (Å²) >= 11 is 6.11. The van der Waals surface area contributed by atoms with Crippen LogP contribution in [0.3, 0.4) is 0 Å². The van der Waals surface area contributed by atoms with E-state index in [1.165, 1.54) is 12.1 Å². The van der Waals surface area contributed by atoms with Crippen molar-refractivity contribution in [2.24, 2.45) is 0 Å². The Hall–Kier alpha value is -3.75. The molecule has 170 valence electrons. The highest BCUT2D eigenvalue weighted by Gasteiger charge is 2.28. The summed E-state index contributed by atoms with van der Waals surface area (Å²) in [4.78, 5) is 38.4. The highest BCUT2D eigenvalue weighted by atomic mass is 35.5. The van der Waals surface area contributed by atoms with E-state index < -0.39 is 16.9 Å². The van der Waals surface area contributed by atoms with Crippen LogP contribution in [0.2, 0.25) is 5.02 Å². The van der Waals surface area contributed by atoms with Gasteiger partial charge in [-0.1, -0.05) is 60.1 Å².